The molecule has 0 spiro atoms. The number of para-hydroxylation sites is 1. The van der Waals surface area contributed by atoms with E-state index in [0.717, 1.165) is 29.7 Å². The van der Waals surface area contributed by atoms with E-state index in [1.807, 2.05) is 39.0 Å². The molecule has 0 saturated carbocycles. The van der Waals surface area contributed by atoms with Gasteiger partial charge in [-0.05, 0) is 31.4 Å². The van der Waals surface area contributed by atoms with E-state index in [1.165, 1.54) is 4.90 Å². The van der Waals surface area contributed by atoms with E-state index in [4.69, 9.17) is 11.1 Å². The van der Waals surface area contributed by atoms with Crippen molar-refractivity contribution in [3.05, 3.63) is 29.3 Å². The zero-order valence-corrected chi connectivity index (χ0v) is 12.7. The first-order valence-electron chi connectivity index (χ1n) is 6.85. The Morgan fingerprint density at radius 1 is 1.30 bits per heavy atom. The van der Waals surface area contributed by atoms with Crippen LogP contribution in [0.15, 0.2) is 18.2 Å². The van der Waals surface area contributed by atoms with Crippen LogP contribution in [0.2, 0.25) is 0 Å². The number of hydrogen-bond donors (Lipinski definition) is 2. The van der Waals surface area contributed by atoms with Crippen molar-refractivity contribution in [3.8, 4) is 0 Å². The normalized spacial score (nSPS) is 10.2. The lowest BCUT2D eigenvalue weighted by molar-refractivity contribution is 0.227. The molecule has 1 rings (SSSR count). The largest absolute Gasteiger partial charge is 0.370 e. The van der Waals surface area contributed by atoms with Gasteiger partial charge in [0.05, 0.1) is 5.69 Å². The molecule has 1 aromatic carbocycles. The second kappa shape index (κ2) is 6.93. The molecule has 5 nitrogen and oxygen atoms in total. The Morgan fingerprint density at radius 2 is 1.85 bits per heavy atom. The highest BCUT2D eigenvalue weighted by molar-refractivity contribution is 6.02. The minimum atomic E-state index is -0.261. The van der Waals surface area contributed by atoms with Crippen molar-refractivity contribution < 1.29 is 4.79 Å². The Balaban J connectivity index is 3.02. The molecule has 0 aliphatic rings. The van der Waals surface area contributed by atoms with E-state index in [0.29, 0.717) is 6.54 Å². The molecule has 0 aliphatic heterocycles. The molecule has 5 heteroatoms. The summed E-state index contributed by atoms with van der Waals surface area (Å²) in [6.45, 7) is 6.45. The van der Waals surface area contributed by atoms with Crippen LogP contribution >= 0.6 is 0 Å². The average Bonchev–Trinajstić information content (AvgIpc) is 2.38. The third-order valence-corrected chi connectivity index (χ3v) is 3.32. The Morgan fingerprint density at radius 3 is 2.30 bits per heavy atom. The Bertz CT molecular complexity index is 478. The van der Waals surface area contributed by atoms with Gasteiger partial charge in [0.1, 0.15) is 0 Å². The standard InChI is InChI=1S/C15H24N4O/c1-5-6-10-19(14(16)17)15(20)18(4)13-11(2)8-7-9-12(13)3/h7-9H,5-6,10H2,1-4H3,(H3,16,17). The molecule has 110 valence electrons. The molecule has 1 aromatic rings. The lowest BCUT2D eigenvalue weighted by Gasteiger charge is -2.28. The molecular formula is C15H24N4O. The molecule has 0 saturated heterocycles. The molecular weight excluding hydrogens is 252 g/mol. The van der Waals surface area contributed by atoms with E-state index in [2.05, 4.69) is 0 Å². The van der Waals surface area contributed by atoms with E-state index in [1.54, 1.807) is 11.9 Å². The molecule has 0 unspecified atom stereocenters. The number of rotatable bonds is 4. The quantitative estimate of drug-likeness (QED) is 0.655. The van der Waals surface area contributed by atoms with E-state index >= 15 is 0 Å². The first-order chi connectivity index (χ1) is 9.40. The van der Waals surface area contributed by atoms with Crippen molar-refractivity contribution in [3.63, 3.8) is 0 Å². The number of aryl methyl sites for hydroxylation is 2. The maximum absolute atomic E-state index is 12.5. The fraction of sp³-hybridized carbons (Fsp3) is 0.467. The van der Waals surface area contributed by atoms with Crippen LogP contribution in [0.25, 0.3) is 0 Å². The Kier molecular flexibility index (Phi) is 5.55. The summed E-state index contributed by atoms with van der Waals surface area (Å²) in [5.41, 5.74) is 8.46. The number of nitrogens with zero attached hydrogens (tertiary/aromatic N) is 2. The van der Waals surface area contributed by atoms with Crippen molar-refractivity contribution in [2.24, 2.45) is 5.73 Å². The van der Waals surface area contributed by atoms with Crippen molar-refractivity contribution in [1.29, 1.82) is 5.41 Å². The van der Waals surface area contributed by atoms with Crippen molar-refractivity contribution in [2.45, 2.75) is 33.6 Å². The molecule has 2 amide bonds. The van der Waals surface area contributed by atoms with Crippen molar-refractivity contribution in [2.75, 3.05) is 18.5 Å². The second-order valence-electron chi connectivity index (χ2n) is 4.97. The van der Waals surface area contributed by atoms with Gasteiger partial charge in [0.25, 0.3) is 0 Å². The SMILES string of the molecule is CCCCN(C(=N)N)C(=O)N(C)c1c(C)cccc1C. The highest BCUT2D eigenvalue weighted by atomic mass is 16.2. The van der Waals surface area contributed by atoms with Crippen LogP contribution in [0.3, 0.4) is 0 Å². The molecule has 0 atom stereocenters. The summed E-state index contributed by atoms with van der Waals surface area (Å²) in [6.07, 6.45) is 1.77. The number of guanidine groups is 1. The third kappa shape index (κ3) is 3.50. The zero-order chi connectivity index (χ0) is 15.3. The topological polar surface area (TPSA) is 73.4 Å². The molecule has 0 fully saturated rings. The van der Waals surface area contributed by atoms with Crippen molar-refractivity contribution in [1.82, 2.24) is 4.90 Å². The average molecular weight is 276 g/mol. The first kappa shape index (κ1) is 16.0. The highest BCUT2D eigenvalue weighted by Crippen LogP contribution is 2.24. The summed E-state index contributed by atoms with van der Waals surface area (Å²) >= 11 is 0. The van der Waals surface area contributed by atoms with Gasteiger partial charge in [0.2, 0.25) is 0 Å². The van der Waals surface area contributed by atoms with Gasteiger partial charge in [-0.1, -0.05) is 31.5 Å². The summed E-state index contributed by atoms with van der Waals surface area (Å²) in [7, 11) is 1.72. The smallest absolute Gasteiger partial charge is 0.331 e. The van der Waals surface area contributed by atoms with Crippen LogP contribution in [-0.2, 0) is 0 Å². The molecule has 0 heterocycles. The number of urea groups is 1. The fourth-order valence-corrected chi connectivity index (χ4v) is 2.25. The van der Waals surface area contributed by atoms with Gasteiger partial charge in [0.15, 0.2) is 5.96 Å². The summed E-state index contributed by atoms with van der Waals surface area (Å²) in [6, 6.07) is 5.64. The maximum atomic E-state index is 12.5. The van der Waals surface area contributed by atoms with Gasteiger partial charge in [0, 0.05) is 13.6 Å². The van der Waals surface area contributed by atoms with Gasteiger partial charge in [-0.15, -0.1) is 0 Å². The van der Waals surface area contributed by atoms with Crippen molar-refractivity contribution >= 4 is 17.7 Å². The predicted molar refractivity (Wildman–Crippen MR) is 83.2 cm³/mol. The van der Waals surface area contributed by atoms with Crippen LogP contribution in [0.4, 0.5) is 10.5 Å². The predicted octanol–water partition coefficient (Wildman–Crippen LogP) is 2.86. The van der Waals surface area contributed by atoms with E-state index in [9.17, 15) is 4.79 Å². The minimum absolute atomic E-state index is 0.207. The van der Waals surface area contributed by atoms with Crippen LogP contribution in [0, 0.1) is 19.3 Å². The number of benzene rings is 1. The van der Waals surface area contributed by atoms with E-state index < -0.39 is 0 Å². The van der Waals surface area contributed by atoms with Crippen LogP contribution in [-0.4, -0.2) is 30.5 Å². The Hall–Kier alpha value is -2.04. The number of unbranched alkanes of at least 4 members (excludes halogenated alkanes) is 1. The summed E-state index contributed by atoms with van der Waals surface area (Å²) < 4.78 is 0. The summed E-state index contributed by atoms with van der Waals surface area (Å²) in [5.74, 6) is -0.207. The third-order valence-electron chi connectivity index (χ3n) is 3.32. The number of nitrogens with one attached hydrogen (secondary N) is 1. The first-order valence-corrected chi connectivity index (χ1v) is 6.85. The molecule has 0 aromatic heterocycles. The number of nitrogens with two attached hydrogens (primary N) is 1. The molecule has 0 aliphatic carbocycles. The van der Waals surface area contributed by atoms with Gasteiger partial charge in [-0.2, -0.15) is 0 Å². The molecule has 0 bridgehead atoms. The number of anilines is 1. The van der Waals surface area contributed by atoms with Gasteiger partial charge in [-0.25, -0.2) is 4.79 Å². The van der Waals surface area contributed by atoms with Crippen LogP contribution in [0.5, 0.6) is 0 Å². The number of carbonyl (C=O) groups excluding carboxylic acids is 1. The monoisotopic (exact) mass is 276 g/mol. The maximum Gasteiger partial charge on any atom is 0.331 e. The van der Waals surface area contributed by atoms with Gasteiger partial charge in [-0.3, -0.25) is 15.2 Å². The number of amides is 2. The van der Waals surface area contributed by atoms with Crippen LogP contribution in [0.1, 0.15) is 30.9 Å². The molecule has 0 radical (unpaired) electrons. The number of hydrogen-bond acceptors (Lipinski definition) is 2. The van der Waals surface area contributed by atoms with E-state index in [-0.39, 0.29) is 12.0 Å². The molecule has 20 heavy (non-hydrogen) atoms. The van der Waals surface area contributed by atoms with Gasteiger partial charge >= 0.3 is 6.03 Å². The molecule has 3 N–H and O–H groups in total. The zero-order valence-electron chi connectivity index (χ0n) is 12.7. The lowest BCUT2D eigenvalue weighted by Crippen LogP contribution is -2.48. The minimum Gasteiger partial charge on any atom is -0.370 e. The fourth-order valence-electron chi connectivity index (χ4n) is 2.25. The number of carbonyl (C=O) groups is 1. The second-order valence-corrected chi connectivity index (χ2v) is 4.97. The lowest BCUT2D eigenvalue weighted by atomic mass is 10.1. The van der Waals surface area contributed by atoms with Crippen LogP contribution < -0.4 is 10.6 Å². The highest BCUT2D eigenvalue weighted by Gasteiger charge is 2.22. The summed E-state index contributed by atoms with van der Waals surface area (Å²) in [4.78, 5) is 15.4. The van der Waals surface area contributed by atoms with Gasteiger partial charge < -0.3 is 5.73 Å². The summed E-state index contributed by atoms with van der Waals surface area (Å²) in [5, 5.41) is 7.58. The Labute approximate surface area is 120 Å².